The Morgan fingerprint density at radius 2 is 1.48 bits per heavy atom. The molecule has 0 bridgehead atoms. The van der Waals surface area contributed by atoms with Gasteiger partial charge in [-0.2, -0.15) is 0 Å². The smallest absolute Gasteiger partial charge is 0.263 e. The molecule has 0 fully saturated rings. The molecule has 0 amide bonds. The summed E-state index contributed by atoms with van der Waals surface area (Å²) in [5.74, 6) is 1.26. The molecule has 0 N–H and O–H groups in total. The Morgan fingerprint density at radius 1 is 0.879 bits per heavy atom. The highest BCUT2D eigenvalue weighted by atomic mass is 16.5. The van der Waals surface area contributed by atoms with Gasteiger partial charge in [0.1, 0.15) is 17.8 Å². The second kappa shape index (κ2) is 10.2. The zero-order chi connectivity index (χ0) is 23.0. The fourth-order valence-corrected chi connectivity index (χ4v) is 3.14. The molecule has 164 valence electrons. The predicted molar refractivity (Wildman–Crippen MR) is 129 cm³/mol. The van der Waals surface area contributed by atoms with Crippen molar-refractivity contribution in [3.8, 4) is 11.5 Å². The van der Waals surface area contributed by atoms with Crippen LogP contribution in [0.25, 0.3) is 23.1 Å². The Bertz CT molecular complexity index is 1370. The van der Waals surface area contributed by atoms with Gasteiger partial charge >= 0.3 is 0 Å². The maximum Gasteiger partial charge on any atom is 0.263 e. The van der Waals surface area contributed by atoms with Crippen molar-refractivity contribution in [3.63, 3.8) is 0 Å². The molecule has 4 rings (SSSR count). The Balaban J connectivity index is 1.33. The third-order valence-electron chi connectivity index (χ3n) is 4.98. The lowest BCUT2D eigenvalue weighted by molar-refractivity contribution is -0.110. The molecule has 33 heavy (non-hydrogen) atoms. The van der Waals surface area contributed by atoms with E-state index in [0.717, 1.165) is 16.9 Å². The monoisotopic (exact) mass is 438 g/mol. The number of nitrogens with zero attached hydrogens (tertiary/aromatic N) is 2. The van der Waals surface area contributed by atoms with E-state index < -0.39 is 0 Å². The summed E-state index contributed by atoms with van der Waals surface area (Å²) in [6.07, 6.45) is 8.00. The average molecular weight is 438 g/mol. The van der Waals surface area contributed by atoms with Crippen LogP contribution in [0.5, 0.6) is 11.5 Å². The van der Waals surface area contributed by atoms with Crippen molar-refractivity contribution in [3.05, 3.63) is 113 Å². The molecule has 6 nitrogen and oxygen atoms in total. The molecule has 0 radical (unpaired) electrons. The van der Waals surface area contributed by atoms with Gasteiger partial charge in [-0.3, -0.25) is 14.2 Å². The quantitative estimate of drug-likeness (QED) is 0.372. The molecule has 1 heterocycles. The van der Waals surface area contributed by atoms with Crippen molar-refractivity contribution >= 4 is 28.8 Å². The zero-order valence-electron chi connectivity index (χ0n) is 18.0. The van der Waals surface area contributed by atoms with Gasteiger partial charge in [0.25, 0.3) is 5.56 Å². The molecule has 3 aromatic carbocycles. The van der Waals surface area contributed by atoms with Crippen molar-refractivity contribution in [2.45, 2.75) is 6.73 Å². The first kappa shape index (κ1) is 21.8. The van der Waals surface area contributed by atoms with Gasteiger partial charge in [0.15, 0.2) is 12.5 Å². The number of rotatable bonds is 8. The van der Waals surface area contributed by atoms with Crippen molar-refractivity contribution in [1.29, 1.82) is 0 Å². The van der Waals surface area contributed by atoms with Crippen molar-refractivity contribution < 1.29 is 14.3 Å². The van der Waals surface area contributed by atoms with E-state index in [2.05, 4.69) is 4.98 Å². The average Bonchev–Trinajstić information content (AvgIpc) is 2.87. The number of carbonyl (C=O) groups is 1. The lowest BCUT2D eigenvalue weighted by atomic mass is 10.1. The van der Waals surface area contributed by atoms with Crippen molar-refractivity contribution in [1.82, 2.24) is 9.55 Å². The van der Waals surface area contributed by atoms with E-state index in [9.17, 15) is 9.59 Å². The minimum atomic E-state index is -0.152. The lowest BCUT2D eigenvalue weighted by Gasteiger charge is -2.09. The predicted octanol–water partition coefficient (Wildman–Crippen LogP) is 4.74. The van der Waals surface area contributed by atoms with Gasteiger partial charge in [-0.15, -0.1) is 0 Å². The summed E-state index contributed by atoms with van der Waals surface area (Å²) < 4.78 is 12.3. The van der Waals surface area contributed by atoms with Crippen LogP contribution in [0.15, 0.2) is 96.1 Å². The number of benzene rings is 3. The topological polar surface area (TPSA) is 70.4 Å². The SMILES string of the molecule is COc1ccc(/C=C/C(=O)/C=C/c2ccc(OCn3cnc4ccccc4c3=O)cc2)cc1. The molecule has 4 aromatic rings. The summed E-state index contributed by atoms with van der Waals surface area (Å²) >= 11 is 0. The molecule has 0 spiro atoms. The van der Waals surface area contributed by atoms with Crippen LogP contribution in [-0.4, -0.2) is 22.4 Å². The number of ether oxygens (including phenoxy) is 2. The van der Waals surface area contributed by atoms with Gasteiger partial charge in [0.05, 0.1) is 18.0 Å². The van der Waals surface area contributed by atoms with Crippen LogP contribution < -0.4 is 15.0 Å². The van der Waals surface area contributed by atoms with Crippen LogP contribution in [0.4, 0.5) is 0 Å². The largest absolute Gasteiger partial charge is 0.497 e. The second-order valence-electron chi connectivity index (χ2n) is 7.22. The number of ketones is 1. The van der Waals surface area contributed by atoms with E-state index in [0.29, 0.717) is 16.7 Å². The van der Waals surface area contributed by atoms with Crippen LogP contribution in [0, 0.1) is 0 Å². The van der Waals surface area contributed by atoms with Crippen LogP contribution in [0.3, 0.4) is 0 Å². The summed E-state index contributed by atoms with van der Waals surface area (Å²) in [7, 11) is 1.61. The number of hydrogen-bond donors (Lipinski definition) is 0. The fraction of sp³-hybridized carbons (Fsp3) is 0.0741. The highest BCUT2D eigenvalue weighted by Crippen LogP contribution is 2.15. The highest BCUT2D eigenvalue weighted by molar-refractivity contribution is 6.04. The number of allylic oxidation sites excluding steroid dienone is 2. The molecular formula is C27H22N2O4. The highest BCUT2D eigenvalue weighted by Gasteiger charge is 2.04. The van der Waals surface area contributed by atoms with Crippen LogP contribution >= 0.6 is 0 Å². The normalized spacial score (nSPS) is 11.3. The van der Waals surface area contributed by atoms with E-state index >= 15 is 0 Å². The first-order valence-electron chi connectivity index (χ1n) is 10.3. The molecule has 0 aliphatic carbocycles. The molecule has 0 aliphatic rings. The molecule has 0 atom stereocenters. The second-order valence-corrected chi connectivity index (χ2v) is 7.22. The minimum absolute atomic E-state index is 0.0560. The first-order chi connectivity index (χ1) is 16.1. The maximum atomic E-state index is 12.5. The van der Waals surface area contributed by atoms with E-state index in [1.165, 1.54) is 23.0 Å². The van der Waals surface area contributed by atoms with E-state index in [-0.39, 0.29) is 18.1 Å². The summed E-state index contributed by atoms with van der Waals surface area (Å²) in [6.45, 7) is 0.0560. The van der Waals surface area contributed by atoms with E-state index in [1.807, 2.05) is 48.5 Å². The van der Waals surface area contributed by atoms with Crippen LogP contribution in [0.1, 0.15) is 11.1 Å². The molecule has 0 aliphatic heterocycles. The zero-order valence-corrected chi connectivity index (χ0v) is 18.0. The van der Waals surface area contributed by atoms with Crippen molar-refractivity contribution in [2.24, 2.45) is 0 Å². The van der Waals surface area contributed by atoms with Gasteiger partial charge in [0.2, 0.25) is 0 Å². The fourth-order valence-electron chi connectivity index (χ4n) is 3.14. The van der Waals surface area contributed by atoms with Crippen LogP contribution in [-0.2, 0) is 11.5 Å². The molecule has 0 unspecified atom stereocenters. The van der Waals surface area contributed by atoms with E-state index in [4.69, 9.17) is 9.47 Å². The first-order valence-corrected chi connectivity index (χ1v) is 10.3. The Labute approximate surface area is 191 Å². The third kappa shape index (κ3) is 5.62. The summed E-state index contributed by atoms with van der Waals surface area (Å²) in [4.78, 5) is 28.9. The molecule has 0 saturated carbocycles. The van der Waals surface area contributed by atoms with Gasteiger partial charge < -0.3 is 9.47 Å². The number of hydrogen-bond acceptors (Lipinski definition) is 5. The maximum absolute atomic E-state index is 12.5. The number of methoxy groups -OCH3 is 1. The molecular weight excluding hydrogens is 416 g/mol. The van der Waals surface area contributed by atoms with Gasteiger partial charge in [0, 0.05) is 0 Å². The molecule has 1 aromatic heterocycles. The number of aromatic nitrogens is 2. The third-order valence-corrected chi connectivity index (χ3v) is 4.98. The lowest BCUT2D eigenvalue weighted by Crippen LogP contribution is -2.23. The summed E-state index contributed by atoms with van der Waals surface area (Å²) in [6, 6.07) is 21.9. The van der Waals surface area contributed by atoms with Crippen molar-refractivity contribution in [2.75, 3.05) is 7.11 Å². The minimum Gasteiger partial charge on any atom is -0.497 e. The number of carbonyl (C=O) groups excluding carboxylic acids is 1. The van der Waals surface area contributed by atoms with Gasteiger partial charge in [-0.25, -0.2) is 4.98 Å². The van der Waals surface area contributed by atoms with E-state index in [1.54, 1.807) is 43.5 Å². The Morgan fingerprint density at radius 3 is 2.12 bits per heavy atom. The Hall–Kier alpha value is -4.45. The molecule has 6 heteroatoms. The Kier molecular flexibility index (Phi) is 6.75. The van der Waals surface area contributed by atoms with Gasteiger partial charge in [-0.1, -0.05) is 48.6 Å². The summed E-state index contributed by atoms with van der Waals surface area (Å²) in [5, 5.41) is 0.551. The number of fused-ring (bicyclic) bond motifs is 1. The molecule has 0 saturated heterocycles. The standard InChI is InChI=1S/C27H22N2O4/c1-32-23-14-8-20(9-15-23)6-12-22(30)13-7-21-10-16-24(17-11-21)33-19-29-18-28-26-5-3-2-4-25(26)27(29)31/h2-18H,19H2,1H3/b12-6+,13-7+. The summed E-state index contributed by atoms with van der Waals surface area (Å²) in [5.41, 5.74) is 2.28. The number of para-hydroxylation sites is 1. The van der Waals surface area contributed by atoms with Crippen LogP contribution in [0.2, 0.25) is 0 Å². The van der Waals surface area contributed by atoms with Gasteiger partial charge in [-0.05, 0) is 59.7 Å².